The van der Waals surface area contributed by atoms with Crippen LogP contribution in [-0.4, -0.2) is 4.57 Å². The maximum atomic E-state index is 6.37. The molecular weight excluding hydrogens is 583 g/mol. The lowest BCUT2D eigenvalue weighted by Crippen LogP contribution is -1.93. The van der Waals surface area contributed by atoms with Crippen molar-refractivity contribution in [1.82, 2.24) is 4.57 Å². The van der Waals surface area contributed by atoms with Gasteiger partial charge in [0.2, 0.25) is 0 Å². The van der Waals surface area contributed by atoms with Crippen molar-refractivity contribution in [2.75, 3.05) is 0 Å². The van der Waals surface area contributed by atoms with Crippen LogP contribution in [0.15, 0.2) is 168 Å². The summed E-state index contributed by atoms with van der Waals surface area (Å²) in [5, 5.41) is 12.5. The Kier molecular flexibility index (Phi) is 5.14. The van der Waals surface area contributed by atoms with Gasteiger partial charge in [-0.05, 0) is 91.0 Å². The minimum Gasteiger partial charge on any atom is -0.456 e. The second-order valence-corrected chi connectivity index (χ2v) is 12.9. The maximum Gasteiger partial charge on any atom is 0.137 e. The highest BCUT2D eigenvalue weighted by atomic mass is 16.3. The fourth-order valence-corrected chi connectivity index (χ4v) is 8.18. The number of furan rings is 1. The molecule has 0 atom stereocenters. The smallest absolute Gasteiger partial charge is 0.137 e. The summed E-state index contributed by atoms with van der Waals surface area (Å²) in [4.78, 5) is 0. The Balaban J connectivity index is 1.20. The van der Waals surface area contributed by atoms with Crippen molar-refractivity contribution in [2.45, 2.75) is 0 Å². The molecule has 0 saturated carbocycles. The highest BCUT2D eigenvalue weighted by molar-refractivity contribution is 6.28. The first-order valence-corrected chi connectivity index (χ1v) is 16.5. The fourth-order valence-electron chi connectivity index (χ4n) is 8.18. The zero-order valence-corrected chi connectivity index (χ0v) is 25.9. The molecule has 11 aromatic rings. The summed E-state index contributed by atoms with van der Waals surface area (Å²) in [6.45, 7) is 0. The van der Waals surface area contributed by atoms with Crippen LogP contribution in [0.1, 0.15) is 0 Å². The molecule has 0 unspecified atom stereocenters. The van der Waals surface area contributed by atoms with Gasteiger partial charge >= 0.3 is 0 Å². The van der Waals surface area contributed by atoms with Gasteiger partial charge in [-0.3, -0.25) is 0 Å². The second kappa shape index (κ2) is 9.57. The third kappa shape index (κ3) is 3.52. The van der Waals surface area contributed by atoms with Crippen LogP contribution >= 0.6 is 0 Å². The van der Waals surface area contributed by atoms with Crippen molar-refractivity contribution in [2.24, 2.45) is 0 Å². The largest absolute Gasteiger partial charge is 0.456 e. The van der Waals surface area contributed by atoms with E-state index >= 15 is 0 Å². The first-order chi connectivity index (χ1) is 23.8. The number of fused-ring (bicyclic) bond motifs is 6. The molecule has 0 bridgehead atoms. The van der Waals surface area contributed by atoms with Gasteiger partial charge in [0.25, 0.3) is 0 Å². The van der Waals surface area contributed by atoms with E-state index in [9.17, 15) is 0 Å². The summed E-state index contributed by atoms with van der Waals surface area (Å²) in [6, 6.07) is 59.6. The van der Waals surface area contributed by atoms with Crippen LogP contribution in [0.2, 0.25) is 0 Å². The highest BCUT2D eigenvalue weighted by Crippen LogP contribution is 2.44. The standard InChI is InChI=1S/C46H27NO/c1-3-9-28(10-4-1)33-20-15-29-18-23-37-34(21-16-30-17-22-36(33)45(29)46(30)37)31-19-24-41-38(25-31)39-26-40-35-13-7-8-14-43(35)48-44(40)27-42(39)47(41)32-11-5-2-6-12-32/h1-27H. The fraction of sp³-hybridized carbons (Fsp3) is 0. The number of nitrogens with zero attached hydrogens (tertiary/aromatic N) is 1. The molecule has 9 aromatic carbocycles. The number of aromatic nitrogens is 1. The van der Waals surface area contributed by atoms with Gasteiger partial charge in [0, 0.05) is 33.3 Å². The summed E-state index contributed by atoms with van der Waals surface area (Å²) in [7, 11) is 0. The van der Waals surface area contributed by atoms with Gasteiger partial charge in [0.1, 0.15) is 11.2 Å². The molecule has 0 amide bonds. The lowest BCUT2D eigenvalue weighted by atomic mass is 9.87. The third-order valence-electron chi connectivity index (χ3n) is 10.3. The molecule has 0 aliphatic heterocycles. The summed E-state index contributed by atoms with van der Waals surface area (Å²) in [6.07, 6.45) is 0. The minimum absolute atomic E-state index is 0.908. The molecule has 0 fully saturated rings. The predicted octanol–water partition coefficient (Wildman–Crippen LogP) is 12.9. The molecule has 2 nitrogen and oxygen atoms in total. The number of benzene rings is 9. The molecule has 0 spiro atoms. The van der Waals surface area contributed by atoms with Crippen molar-refractivity contribution in [1.29, 1.82) is 0 Å². The minimum atomic E-state index is 0.908. The Morgan fingerprint density at radius 3 is 1.73 bits per heavy atom. The normalized spacial score (nSPS) is 12.2. The average Bonchev–Trinajstić information content (AvgIpc) is 3.67. The molecule has 2 heterocycles. The Morgan fingerprint density at radius 1 is 0.354 bits per heavy atom. The Labute approximate surface area is 276 Å². The van der Waals surface area contributed by atoms with Crippen molar-refractivity contribution < 1.29 is 4.42 Å². The van der Waals surface area contributed by atoms with Gasteiger partial charge in [-0.2, -0.15) is 0 Å². The van der Waals surface area contributed by atoms with E-state index in [1.54, 1.807) is 0 Å². The number of rotatable bonds is 3. The Hall–Kier alpha value is -6.38. The van der Waals surface area contributed by atoms with Crippen LogP contribution in [0.4, 0.5) is 0 Å². The Bertz CT molecular complexity index is 3040. The molecule has 11 rings (SSSR count). The van der Waals surface area contributed by atoms with E-state index in [0.717, 1.165) is 33.1 Å². The molecule has 0 N–H and O–H groups in total. The van der Waals surface area contributed by atoms with E-state index in [1.165, 1.54) is 70.9 Å². The van der Waals surface area contributed by atoms with Crippen LogP contribution < -0.4 is 0 Å². The van der Waals surface area contributed by atoms with Crippen molar-refractivity contribution in [3.63, 3.8) is 0 Å². The maximum absolute atomic E-state index is 6.37. The zero-order chi connectivity index (χ0) is 31.3. The van der Waals surface area contributed by atoms with E-state index in [0.29, 0.717) is 0 Å². The number of hydrogen-bond donors (Lipinski definition) is 0. The molecule has 0 radical (unpaired) electrons. The highest BCUT2D eigenvalue weighted by Gasteiger charge is 2.19. The van der Waals surface area contributed by atoms with Crippen LogP contribution in [0.5, 0.6) is 0 Å². The van der Waals surface area contributed by atoms with Gasteiger partial charge in [-0.15, -0.1) is 0 Å². The molecule has 2 heteroatoms. The second-order valence-electron chi connectivity index (χ2n) is 12.9. The van der Waals surface area contributed by atoms with Crippen LogP contribution in [0.3, 0.4) is 0 Å². The Morgan fingerprint density at radius 2 is 0.979 bits per heavy atom. The van der Waals surface area contributed by atoms with Crippen molar-refractivity contribution >= 4 is 76.1 Å². The van der Waals surface area contributed by atoms with Crippen molar-refractivity contribution in [3.8, 4) is 27.9 Å². The topological polar surface area (TPSA) is 18.1 Å². The monoisotopic (exact) mass is 609 g/mol. The van der Waals surface area contributed by atoms with E-state index in [4.69, 9.17) is 4.42 Å². The van der Waals surface area contributed by atoms with Gasteiger partial charge in [-0.1, -0.05) is 121 Å². The van der Waals surface area contributed by atoms with Gasteiger partial charge in [0.05, 0.1) is 11.0 Å². The SMILES string of the molecule is c1ccc(-c2ccc3ccc4c(-c5ccc6c(c5)c5cc7c(cc5n6-c5ccccc5)oc5ccccc57)ccc5ccc2c3c54)cc1. The summed E-state index contributed by atoms with van der Waals surface area (Å²) >= 11 is 0. The lowest BCUT2D eigenvalue weighted by molar-refractivity contribution is 0.669. The van der Waals surface area contributed by atoms with Crippen molar-refractivity contribution in [3.05, 3.63) is 164 Å². The van der Waals surface area contributed by atoms with Crippen LogP contribution in [0.25, 0.3) is 104 Å². The van der Waals surface area contributed by atoms with E-state index in [2.05, 4.69) is 162 Å². The van der Waals surface area contributed by atoms with Gasteiger partial charge in [0.15, 0.2) is 0 Å². The van der Waals surface area contributed by atoms with Gasteiger partial charge < -0.3 is 8.98 Å². The quantitative estimate of drug-likeness (QED) is 0.182. The average molecular weight is 610 g/mol. The molecule has 48 heavy (non-hydrogen) atoms. The van der Waals surface area contributed by atoms with Crippen LogP contribution in [0, 0.1) is 0 Å². The number of para-hydroxylation sites is 2. The van der Waals surface area contributed by atoms with Crippen LogP contribution in [-0.2, 0) is 0 Å². The summed E-state index contributed by atoms with van der Waals surface area (Å²) in [5.41, 5.74) is 10.3. The summed E-state index contributed by atoms with van der Waals surface area (Å²) in [5.74, 6) is 0. The molecule has 0 saturated heterocycles. The molecule has 0 aliphatic carbocycles. The molecule has 0 aliphatic rings. The first-order valence-electron chi connectivity index (χ1n) is 16.5. The third-order valence-corrected chi connectivity index (χ3v) is 10.3. The lowest BCUT2D eigenvalue weighted by Gasteiger charge is -2.16. The summed E-state index contributed by atoms with van der Waals surface area (Å²) < 4.78 is 8.74. The van der Waals surface area contributed by atoms with Gasteiger partial charge in [-0.25, -0.2) is 0 Å². The zero-order valence-electron chi connectivity index (χ0n) is 25.9. The first kappa shape index (κ1) is 25.8. The van der Waals surface area contributed by atoms with E-state index < -0.39 is 0 Å². The number of hydrogen-bond acceptors (Lipinski definition) is 1. The molecular formula is C46H27NO. The molecule has 2 aromatic heterocycles. The van der Waals surface area contributed by atoms with E-state index in [1.807, 2.05) is 6.07 Å². The molecule has 222 valence electrons. The van der Waals surface area contributed by atoms with E-state index in [-0.39, 0.29) is 0 Å². The predicted molar refractivity (Wildman–Crippen MR) is 203 cm³/mol.